The van der Waals surface area contributed by atoms with Crippen LogP contribution >= 0.6 is 0 Å². The van der Waals surface area contributed by atoms with E-state index in [4.69, 9.17) is 10.8 Å². The van der Waals surface area contributed by atoms with Crippen molar-refractivity contribution in [2.24, 2.45) is 11.3 Å². The van der Waals surface area contributed by atoms with Gasteiger partial charge in [-0.3, -0.25) is 0 Å². The van der Waals surface area contributed by atoms with Crippen LogP contribution in [0.2, 0.25) is 0 Å². The highest BCUT2D eigenvalue weighted by Crippen LogP contribution is 2.38. The summed E-state index contributed by atoms with van der Waals surface area (Å²) >= 11 is 0. The minimum atomic E-state index is -0.940. The fourth-order valence-electron chi connectivity index (χ4n) is 2.20. The molecule has 0 unspecified atom stereocenters. The molecule has 1 saturated heterocycles. The molecule has 0 saturated carbocycles. The zero-order valence-corrected chi connectivity index (χ0v) is 11.1. The van der Waals surface area contributed by atoms with E-state index in [9.17, 15) is 4.79 Å². The molecule has 1 aromatic carbocycles. The van der Waals surface area contributed by atoms with Crippen LogP contribution in [0.5, 0.6) is 0 Å². The maximum atomic E-state index is 10.8. The number of carboxylic acid groups (broad SMARTS) is 1. The standard InChI is InChI=1S/C14H20N2O2/c1-14(2,3)10-7-16(8-10)12-5-4-9(13(17)18)6-11(12)15/h4-6,10H,7-8,15H2,1-3H3,(H,17,18). The molecule has 0 aromatic heterocycles. The third-order valence-corrected chi connectivity index (χ3v) is 3.72. The van der Waals surface area contributed by atoms with Crippen LogP contribution in [0.4, 0.5) is 11.4 Å². The van der Waals surface area contributed by atoms with Crippen molar-refractivity contribution in [1.82, 2.24) is 0 Å². The highest BCUT2D eigenvalue weighted by atomic mass is 16.4. The summed E-state index contributed by atoms with van der Waals surface area (Å²) in [5.41, 5.74) is 7.96. The fraction of sp³-hybridized carbons (Fsp3) is 0.500. The molecule has 0 spiro atoms. The van der Waals surface area contributed by atoms with E-state index in [2.05, 4.69) is 25.7 Å². The van der Waals surface area contributed by atoms with Gasteiger partial charge in [-0.25, -0.2) is 4.79 Å². The summed E-state index contributed by atoms with van der Waals surface area (Å²) in [6.07, 6.45) is 0. The Morgan fingerprint density at radius 1 is 1.39 bits per heavy atom. The average molecular weight is 248 g/mol. The monoisotopic (exact) mass is 248 g/mol. The van der Waals surface area contributed by atoms with Crippen molar-refractivity contribution >= 4 is 17.3 Å². The molecule has 1 aromatic rings. The molecule has 4 heteroatoms. The zero-order valence-electron chi connectivity index (χ0n) is 11.1. The number of carbonyl (C=O) groups is 1. The van der Waals surface area contributed by atoms with Crippen molar-refractivity contribution in [3.8, 4) is 0 Å². The second-order valence-electron chi connectivity index (χ2n) is 6.05. The summed E-state index contributed by atoms with van der Waals surface area (Å²) in [6.45, 7) is 8.70. The first kappa shape index (κ1) is 12.7. The number of benzene rings is 1. The van der Waals surface area contributed by atoms with Gasteiger partial charge in [-0.2, -0.15) is 0 Å². The molecule has 1 heterocycles. The van der Waals surface area contributed by atoms with E-state index in [0.29, 0.717) is 17.0 Å². The molecule has 98 valence electrons. The number of nitrogens with zero attached hydrogens (tertiary/aromatic N) is 1. The Morgan fingerprint density at radius 3 is 2.44 bits per heavy atom. The molecule has 1 aliphatic rings. The van der Waals surface area contributed by atoms with E-state index >= 15 is 0 Å². The summed E-state index contributed by atoms with van der Waals surface area (Å²) in [4.78, 5) is 13.0. The molecule has 0 atom stereocenters. The Balaban J connectivity index is 2.11. The molecule has 4 nitrogen and oxygen atoms in total. The molecule has 2 rings (SSSR count). The van der Waals surface area contributed by atoms with Crippen LogP contribution in [0, 0.1) is 11.3 Å². The molecule has 1 fully saturated rings. The summed E-state index contributed by atoms with van der Waals surface area (Å²) < 4.78 is 0. The van der Waals surface area contributed by atoms with Gasteiger partial charge in [0.15, 0.2) is 0 Å². The summed E-state index contributed by atoms with van der Waals surface area (Å²) in [6, 6.07) is 4.94. The Labute approximate surface area is 107 Å². The molecule has 1 aliphatic heterocycles. The SMILES string of the molecule is CC(C)(C)C1CN(c2ccc(C(=O)O)cc2N)C1. The van der Waals surface area contributed by atoms with Gasteiger partial charge < -0.3 is 15.7 Å². The number of carboxylic acids is 1. The predicted molar refractivity (Wildman–Crippen MR) is 73.0 cm³/mol. The van der Waals surface area contributed by atoms with Crippen molar-refractivity contribution in [3.05, 3.63) is 23.8 Å². The number of nitrogens with two attached hydrogens (primary N) is 1. The normalized spacial score (nSPS) is 16.5. The molecule has 18 heavy (non-hydrogen) atoms. The molecule has 0 bridgehead atoms. The number of rotatable bonds is 2. The van der Waals surface area contributed by atoms with Crippen LogP contribution in [0.1, 0.15) is 31.1 Å². The van der Waals surface area contributed by atoms with Crippen LogP contribution in [0.15, 0.2) is 18.2 Å². The number of anilines is 2. The number of hydrogen-bond donors (Lipinski definition) is 2. The molecule has 0 radical (unpaired) electrons. The highest BCUT2D eigenvalue weighted by Gasteiger charge is 2.36. The van der Waals surface area contributed by atoms with Crippen molar-refractivity contribution in [2.75, 3.05) is 23.7 Å². The van der Waals surface area contributed by atoms with Gasteiger partial charge >= 0.3 is 5.97 Å². The van der Waals surface area contributed by atoms with Crippen molar-refractivity contribution in [2.45, 2.75) is 20.8 Å². The van der Waals surface area contributed by atoms with Gasteiger partial charge in [-0.05, 0) is 29.5 Å². The first-order valence-electron chi connectivity index (χ1n) is 6.17. The van der Waals surface area contributed by atoms with E-state index in [1.165, 1.54) is 6.07 Å². The third-order valence-electron chi connectivity index (χ3n) is 3.72. The zero-order chi connectivity index (χ0) is 13.5. The summed E-state index contributed by atoms with van der Waals surface area (Å²) in [7, 11) is 0. The Morgan fingerprint density at radius 2 is 2.00 bits per heavy atom. The lowest BCUT2D eigenvalue weighted by Gasteiger charge is -2.48. The van der Waals surface area contributed by atoms with Gasteiger partial charge in [0.2, 0.25) is 0 Å². The highest BCUT2D eigenvalue weighted by molar-refractivity contribution is 5.90. The minimum Gasteiger partial charge on any atom is -0.478 e. The lowest BCUT2D eigenvalue weighted by molar-refractivity contribution is 0.0697. The first-order valence-corrected chi connectivity index (χ1v) is 6.17. The lowest BCUT2D eigenvalue weighted by atomic mass is 9.76. The predicted octanol–water partition coefficient (Wildman–Crippen LogP) is 2.45. The molecular formula is C14H20N2O2. The third kappa shape index (κ3) is 2.28. The van der Waals surface area contributed by atoms with Crippen molar-refractivity contribution in [1.29, 1.82) is 0 Å². The van der Waals surface area contributed by atoms with Gasteiger partial charge in [0.25, 0.3) is 0 Å². The van der Waals surface area contributed by atoms with E-state index < -0.39 is 5.97 Å². The largest absolute Gasteiger partial charge is 0.478 e. The number of hydrogen-bond acceptors (Lipinski definition) is 3. The van der Waals surface area contributed by atoms with E-state index in [1.807, 2.05) is 0 Å². The minimum absolute atomic E-state index is 0.240. The Kier molecular flexibility index (Phi) is 2.97. The maximum Gasteiger partial charge on any atom is 0.335 e. The second-order valence-corrected chi connectivity index (χ2v) is 6.05. The molecule has 0 aliphatic carbocycles. The molecular weight excluding hydrogens is 228 g/mol. The lowest BCUT2D eigenvalue weighted by Crippen LogP contribution is -2.52. The summed E-state index contributed by atoms with van der Waals surface area (Å²) in [5, 5.41) is 8.89. The van der Waals surface area contributed by atoms with E-state index in [1.54, 1.807) is 12.1 Å². The fourth-order valence-corrected chi connectivity index (χ4v) is 2.20. The van der Waals surface area contributed by atoms with Gasteiger partial charge in [0.05, 0.1) is 16.9 Å². The van der Waals surface area contributed by atoms with Gasteiger partial charge in [-0.15, -0.1) is 0 Å². The molecule has 0 amide bonds. The van der Waals surface area contributed by atoms with Crippen LogP contribution in [0.25, 0.3) is 0 Å². The Bertz CT molecular complexity index is 471. The number of aromatic carboxylic acids is 1. The van der Waals surface area contributed by atoms with Crippen LogP contribution < -0.4 is 10.6 Å². The number of nitrogen functional groups attached to an aromatic ring is 1. The average Bonchev–Trinajstić information content (AvgIpc) is 2.15. The second kappa shape index (κ2) is 4.19. The first-order chi connectivity index (χ1) is 8.29. The van der Waals surface area contributed by atoms with Crippen LogP contribution in [-0.4, -0.2) is 24.2 Å². The van der Waals surface area contributed by atoms with Gasteiger partial charge in [0, 0.05) is 13.1 Å². The van der Waals surface area contributed by atoms with Crippen LogP contribution in [-0.2, 0) is 0 Å². The van der Waals surface area contributed by atoms with E-state index in [0.717, 1.165) is 18.8 Å². The van der Waals surface area contributed by atoms with Crippen molar-refractivity contribution < 1.29 is 9.90 Å². The van der Waals surface area contributed by atoms with Gasteiger partial charge in [0.1, 0.15) is 0 Å². The topological polar surface area (TPSA) is 66.6 Å². The smallest absolute Gasteiger partial charge is 0.335 e. The van der Waals surface area contributed by atoms with E-state index in [-0.39, 0.29) is 5.56 Å². The van der Waals surface area contributed by atoms with Crippen molar-refractivity contribution in [3.63, 3.8) is 0 Å². The Hall–Kier alpha value is -1.71. The van der Waals surface area contributed by atoms with Crippen LogP contribution in [0.3, 0.4) is 0 Å². The molecule has 3 N–H and O–H groups in total. The quantitative estimate of drug-likeness (QED) is 0.789. The van der Waals surface area contributed by atoms with Gasteiger partial charge in [-0.1, -0.05) is 20.8 Å². The maximum absolute atomic E-state index is 10.8. The summed E-state index contributed by atoms with van der Waals surface area (Å²) in [5.74, 6) is -0.277.